The molecule has 2 aromatic rings. The molecule has 0 radical (unpaired) electrons. The number of nitrogens with zero attached hydrogens (tertiary/aromatic N) is 1. The smallest absolute Gasteiger partial charge is 0.290 e. The number of nitrogens with two attached hydrogens (primary N) is 1. The van der Waals surface area contributed by atoms with E-state index in [-0.39, 0.29) is 11.3 Å². The van der Waals surface area contributed by atoms with Crippen molar-refractivity contribution in [3.05, 3.63) is 50.5 Å². The standard InChI is InChI=1S/C9H7N3O3/c10-11-7(13)5-3-1-2-4-6(5)12-8(14)9(12)15/h1-4H,10H2,(H,11,13). The Hall–Kier alpha value is -2.21. The molecular weight excluding hydrogens is 198 g/mol. The Kier molecular flexibility index (Phi) is 1.98. The van der Waals surface area contributed by atoms with E-state index in [9.17, 15) is 14.4 Å². The van der Waals surface area contributed by atoms with Gasteiger partial charge in [-0.1, -0.05) is 12.1 Å². The second kappa shape index (κ2) is 3.18. The lowest BCUT2D eigenvalue weighted by Gasteiger charge is -2.03. The van der Waals surface area contributed by atoms with Gasteiger partial charge in [-0.25, -0.2) is 10.4 Å². The maximum atomic E-state index is 11.3. The molecule has 2 rings (SSSR count). The molecule has 0 unspecified atom stereocenters. The first kappa shape index (κ1) is 9.35. The normalized spacial score (nSPS) is 10.5. The lowest BCUT2D eigenvalue weighted by atomic mass is 10.1. The molecule has 0 atom stereocenters. The highest BCUT2D eigenvalue weighted by Gasteiger charge is 2.22. The van der Waals surface area contributed by atoms with E-state index in [4.69, 9.17) is 5.84 Å². The minimum atomic E-state index is -0.618. The Labute approximate surface area is 83.6 Å². The number of hydrogen-bond donors (Lipinski definition) is 2. The Morgan fingerprint density at radius 1 is 1.20 bits per heavy atom. The van der Waals surface area contributed by atoms with Crippen LogP contribution in [-0.4, -0.2) is 10.5 Å². The zero-order valence-corrected chi connectivity index (χ0v) is 7.56. The van der Waals surface area contributed by atoms with Gasteiger partial charge in [0.1, 0.15) is 0 Å². The van der Waals surface area contributed by atoms with Crippen molar-refractivity contribution in [2.24, 2.45) is 5.84 Å². The number of para-hydroxylation sites is 1. The van der Waals surface area contributed by atoms with Crippen molar-refractivity contribution in [1.29, 1.82) is 0 Å². The molecular formula is C9H7N3O3. The molecule has 6 nitrogen and oxygen atoms in total. The highest BCUT2D eigenvalue weighted by molar-refractivity contribution is 5.97. The monoisotopic (exact) mass is 205 g/mol. The number of hydrogen-bond acceptors (Lipinski definition) is 4. The maximum Gasteiger partial charge on any atom is 0.324 e. The van der Waals surface area contributed by atoms with E-state index in [0.717, 1.165) is 4.57 Å². The molecule has 0 spiro atoms. The predicted molar refractivity (Wildman–Crippen MR) is 52.3 cm³/mol. The summed E-state index contributed by atoms with van der Waals surface area (Å²) in [7, 11) is 0. The zero-order valence-electron chi connectivity index (χ0n) is 7.56. The van der Waals surface area contributed by atoms with E-state index in [1.54, 1.807) is 12.1 Å². The molecule has 0 bridgehead atoms. The molecule has 1 heterocycles. The van der Waals surface area contributed by atoms with E-state index < -0.39 is 17.0 Å². The van der Waals surface area contributed by atoms with Gasteiger partial charge in [0.05, 0.1) is 11.3 Å². The first-order valence-electron chi connectivity index (χ1n) is 4.15. The lowest BCUT2D eigenvalue weighted by Crippen LogP contribution is -2.30. The number of carbonyl (C=O) groups is 1. The van der Waals surface area contributed by atoms with Crippen molar-refractivity contribution in [1.82, 2.24) is 9.99 Å². The minimum absolute atomic E-state index is 0.194. The molecule has 6 heteroatoms. The Morgan fingerprint density at radius 2 is 1.80 bits per heavy atom. The molecule has 76 valence electrons. The van der Waals surface area contributed by atoms with E-state index in [1.165, 1.54) is 12.1 Å². The number of nitrogens with one attached hydrogen (secondary N) is 1. The fourth-order valence-corrected chi connectivity index (χ4v) is 1.29. The molecule has 1 aromatic carbocycles. The van der Waals surface area contributed by atoms with Gasteiger partial charge >= 0.3 is 11.1 Å². The van der Waals surface area contributed by atoms with Crippen molar-refractivity contribution < 1.29 is 4.79 Å². The van der Waals surface area contributed by atoms with Crippen LogP contribution in [0.15, 0.2) is 33.9 Å². The number of carbonyl (C=O) groups excluding carboxylic acids is 1. The third-order valence-corrected chi connectivity index (χ3v) is 2.06. The highest BCUT2D eigenvalue weighted by Crippen LogP contribution is 2.11. The van der Waals surface area contributed by atoms with Crippen LogP contribution in [0.2, 0.25) is 0 Å². The first-order valence-corrected chi connectivity index (χ1v) is 4.15. The van der Waals surface area contributed by atoms with E-state index in [0.29, 0.717) is 0 Å². The van der Waals surface area contributed by atoms with Crippen molar-refractivity contribution in [3.63, 3.8) is 0 Å². The molecule has 0 aliphatic rings. The molecule has 0 fully saturated rings. The number of benzene rings is 1. The summed E-state index contributed by atoms with van der Waals surface area (Å²) in [6.07, 6.45) is 0. The highest BCUT2D eigenvalue weighted by atomic mass is 16.2. The quantitative estimate of drug-likeness (QED) is 0.275. The zero-order chi connectivity index (χ0) is 11.0. The topological polar surface area (TPSA) is 94.2 Å². The molecule has 15 heavy (non-hydrogen) atoms. The van der Waals surface area contributed by atoms with Crippen molar-refractivity contribution in [3.8, 4) is 5.69 Å². The fraction of sp³-hybridized carbons (Fsp3) is 0. The lowest BCUT2D eigenvalue weighted by molar-refractivity contribution is 0.0953. The third-order valence-electron chi connectivity index (χ3n) is 2.06. The summed E-state index contributed by atoms with van der Waals surface area (Å²) in [5.74, 6) is 4.43. The average molecular weight is 205 g/mol. The minimum Gasteiger partial charge on any atom is -0.290 e. The molecule has 0 saturated heterocycles. The SMILES string of the molecule is NNC(=O)c1ccccc1-n1c(=O)c1=O. The second-order valence-electron chi connectivity index (χ2n) is 2.94. The van der Waals surface area contributed by atoms with Crippen LogP contribution in [0.5, 0.6) is 0 Å². The summed E-state index contributed by atoms with van der Waals surface area (Å²) in [5, 5.41) is 0. The van der Waals surface area contributed by atoms with Gasteiger partial charge in [0.2, 0.25) is 0 Å². The molecule has 0 aliphatic carbocycles. The van der Waals surface area contributed by atoms with Gasteiger partial charge in [-0.15, -0.1) is 0 Å². The summed E-state index contributed by atoms with van der Waals surface area (Å²) in [6.45, 7) is 0. The summed E-state index contributed by atoms with van der Waals surface area (Å²) in [6, 6.07) is 6.23. The summed E-state index contributed by atoms with van der Waals surface area (Å²) in [4.78, 5) is 33.1. The van der Waals surface area contributed by atoms with Crippen LogP contribution in [0.25, 0.3) is 5.69 Å². The first-order chi connectivity index (χ1) is 7.16. The molecule has 0 saturated carbocycles. The summed E-state index contributed by atoms with van der Waals surface area (Å²) < 4.78 is 0.921. The molecule has 3 N–H and O–H groups in total. The number of amides is 1. The van der Waals surface area contributed by atoms with Crippen LogP contribution >= 0.6 is 0 Å². The maximum absolute atomic E-state index is 11.3. The Bertz CT molecular complexity index is 567. The van der Waals surface area contributed by atoms with Crippen LogP contribution in [0.4, 0.5) is 0 Å². The van der Waals surface area contributed by atoms with Gasteiger partial charge in [-0.05, 0) is 12.1 Å². The van der Waals surface area contributed by atoms with Gasteiger partial charge in [0.25, 0.3) is 5.91 Å². The van der Waals surface area contributed by atoms with Crippen LogP contribution < -0.4 is 22.4 Å². The predicted octanol–water partition coefficient (Wildman–Crippen LogP) is -1.32. The number of hydrazine groups is 1. The third kappa shape index (κ3) is 1.36. The Morgan fingerprint density at radius 3 is 2.33 bits per heavy atom. The van der Waals surface area contributed by atoms with E-state index in [2.05, 4.69) is 0 Å². The summed E-state index contributed by atoms with van der Waals surface area (Å²) in [5.41, 5.74) is 1.16. The molecule has 0 aliphatic heterocycles. The van der Waals surface area contributed by atoms with Crippen LogP contribution in [0.1, 0.15) is 10.4 Å². The van der Waals surface area contributed by atoms with E-state index >= 15 is 0 Å². The van der Waals surface area contributed by atoms with Crippen LogP contribution in [0.3, 0.4) is 0 Å². The van der Waals surface area contributed by atoms with Crippen molar-refractivity contribution in [2.75, 3.05) is 0 Å². The van der Waals surface area contributed by atoms with Gasteiger partial charge < -0.3 is 0 Å². The van der Waals surface area contributed by atoms with Gasteiger partial charge in [0.15, 0.2) is 0 Å². The molecule has 1 amide bonds. The summed E-state index contributed by atoms with van der Waals surface area (Å²) >= 11 is 0. The van der Waals surface area contributed by atoms with E-state index in [1.807, 2.05) is 5.43 Å². The van der Waals surface area contributed by atoms with Crippen LogP contribution in [-0.2, 0) is 0 Å². The van der Waals surface area contributed by atoms with Gasteiger partial charge in [-0.3, -0.25) is 19.8 Å². The number of rotatable bonds is 2. The average Bonchev–Trinajstić information content (AvgIpc) is 2.86. The Balaban J connectivity index is 2.58. The van der Waals surface area contributed by atoms with Gasteiger partial charge in [0, 0.05) is 0 Å². The van der Waals surface area contributed by atoms with Crippen molar-refractivity contribution >= 4 is 5.91 Å². The van der Waals surface area contributed by atoms with Crippen LogP contribution in [0, 0.1) is 0 Å². The fourth-order valence-electron chi connectivity index (χ4n) is 1.29. The molecule has 1 aromatic heterocycles. The van der Waals surface area contributed by atoms with Gasteiger partial charge in [-0.2, -0.15) is 0 Å². The second-order valence-corrected chi connectivity index (χ2v) is 2.94. The number of aromatic nitrogens is 1. The largest absolute Gasteiger partial charge is 0.324 e. The van der Waals surface area contributed by atoms with Crippen molar-refractivity contribution in [2.45, 2.75) is 0 Å². The number of nitrogen functional groups attached to an aromatic ring is 1.